The van der Waals surface area contributed by atoms with Crippen molar-refractivity contribution < 1.29 is 18.0 Å². The molecule has 1 aromatic carbocycles. The molecule has 0 aliphatic rings. The molecule has 2 aromatic rings. The second-order valence-electron chi connectivity index (χ2n) is 3.91. The maximum absolute atomic E-state index is 12.6. The molecule has 0 aliphatic carbocycles. The first-order chi connectivity index (χ1) is 9.32. The molecule has 7 heteroatoms. The number of carbonyl (C=O) groups excluding carboxylic acids is 1. The van der Waals surface area contributed by atoms with Crippen LogP contribution in [0, 0.1) is 0 Å². The summed E-state index contributed by atoms with van der Waals surface area (Å²) in [5.74, 6) is 0. The molecule has 1 aromatic heterocycles. The van der Waals surface area contributed by atoms with Crippen molar-refractivity contribution in [2.24, 2.45) is 0 Å². The summed E-state index contributed by atoms with van der Waals surface area (Å²) in [6, 6.07) is 5.19. The molecule has 0 N–H and O–H groups in total. The van der Waals surface area contributed by atoms with Crippen LogP contribution in [0.3, 0.4) is 0 Å². The lowest BCUT2D eigenvalue weighted by molar-refractivity contribution is -0.137. The number of rotatable bonds is 2. The lowest BCUT2D eigenvalue weighted by Crippen LogP contribution is -2.07. The highest BCUT2D eigenvalue weighted by Gasteiger charge is 2.31. The van der Waals surface area contributed by atoms with Gasteiger partial charge in [0.25, 0.3) is 0 Å². The Morgan fingerprint density at radius 2 is 1.80 bits per heavy atom. The Kier molecular flexibility index (Phi) is 4.01. The average Bonchev–Trinajstić information content (AvgIpc) is 2.40. The molecule has 0 amide bonds. The van der Waals surface area contributed by atoms with E-state index in [0.29, 0.717) is 23.1 Å². The minimum absolute atomic E-state index is 0.117. The highest BCUT2D eigenvalue weighted by molar-refractivity contribution is 6.42. The first-order valence-electron chi connectivity index (χ1n) is 5.31. The summed E-state index contributed by atoms with van der Waals surface area (Å²) in [5, 5.41) is 0.526. The Labute approximate surface area is 122 Å². The van der Waals surface area contributed by atoms with Crippen LogP contribution in [0.5, 0.6) is 0 Å². The van der Waals surface area contributed by atoms with Crippen molar-refractivity contribution in [3.8, 4) is 11.3 Å². The Hall–Kier alpha value is -1.59. The molecule has 0 atom stereocenters. The van der Waals surface area contributed by atoms with Gasteiger partial charge < -0.3 is 0 Å². The quantitative estimate of drug-likeness (QED) is 0.738. The van der Waals surface area contributed by atoms with E-state index in [1.165, 1.54) is 18.2 Å². The number of alkyl halides is 3. The smallest absolute Gasteiger partial charge is 0.298 e. The fourth-order valence-corrected chi connectivity index (χ4v) is 1.91. The van der Waals surface area contributed by atoms with E-state index in [-0.39, 0.29) is 16.3 Å². The molecule has 0 saturated carbocycles. The molecule has 0 saturated heterocycles. The molecule has 1 heterocycles. The van der Waals surface area contributed by atoms with Crippen molar-refractivity contribution in [3.63, 3.8) is 0 Å². The van der Waals surface area contributed by atoms with Gasteiger partial charge >= 0.3 is 6.18 Å². The van der Waals surface area contributed by atoms with Crippen molar-refractivity contribution >= 4 is 29.5 Å². The van der Waals surface area contributed by atoms with Crippen molar-refractivity contribution in [3.05, 3.63) is 51.6 Å². The minimum atomic E-state index is -4.55. The molecule has 0 radical (unpaired) electrons. The predicted molar refractivity (Wildman–Crippen MR) is 70.1 cm³/mol. The van der Waals surface area contributed by atoms with Crippen LogP contribution >= 0.6 is 23.2 Å². The molecule has 0 unspecified atom stereocenters. The summed E-state index contributed by atoms with van der Waals surface area (Å²) in [5.41, 5.74) is -0.622. The molecular weight excluding hydrogens is 314 g/mol. The van der Waals surface area contributed by atoms with E-state index >= 15 is 0 Å². The summed E-state index contributed by atoms with van der Waals surface area (Å²) in [4.78, 5) is 14.7. The first-order valence-corrected chi connectivity index (χ1v) is 6.06. The van der Waals surface area contributed by atoms with E-state index < -0.39 is 11.7 Å². The van der Waals surface area contributed by atoms with Gasteiger partial charge in [-0.15, -0.1) is 0 Å². The summed E-state index contributed by atoms with van der Waals surface area (Å²) >= 11 is 11.6. The minimum Gasteiger partial charge on any atom is -0.298 e. The van der Waals surface area contributed by atoms with Gasteiger partial charge in [-0.3, -0.25) is 9.78 Å². The number of pyridine rings is 1. The fraction of sp³-hybridized carbons (Fsp3) is 0.0769. The van der Waals surface area contributed by atoms with Crippen molar-refractivity contribution in [2.75, 3.05) is 0 Å². The molecule has 0 aliphatic heterocycles. The number of aromatic nitrogens is 1. The third-order valence-corrected chi connectivity index (χ3v) is 3.30. The van der Waals surface area contributed by atoms with Gasteiger partial charge in [-0.1, -0.05) is 29.3 Å². The van der Waals surface area contributed by atoms with Gasteiger partial charge in [-0.25, -0.2) is 0 Å². The van der Waals surface area contributed by atoms with Crippen LogP contribution in [0.1, 0.15) is 15.9 Å². The first kappa shape index (κ1) is 14.8. The molecular formula is C13H6Cl2F3NO. The van der Waals surface area contributed by atoms with Gasteiger partial charge in [0.05, 0.1) is 21.3 Å². The van der Waals surface area contributed by atoms with E-state index in [9.17, 15) is 18.0 Å². The predicted octanol–water partition coefficient (Wildman–Crippen LogP) is 4.89. The third-order valence-electron chi connectivity index (χ3n) is 2.56. The van der Waals surface area contributed by atoms with Crippen LogP contribution in [-0.4, -0.2) is 11.3 Å². The Bertz CT molecular complexity index is 671. The van der Waals surface area contributed by atoms with Gasteiger partial charge in [0.2, 0.25) is 0 Å². The Balaban J connectivity index is 2.57. The van der Waals surface area contributed by atoms with E-state index in [0.717, 1.165) is 6.07 Å². The zero-order chi connectivity index (χ0) is 14.9. The Morgan fingerprint density at radius 1 is 1.10 bits per heavy atom. The molecule has 2 rings (SSSR count). The van der Waals surface area contributed by atoms with E-state index in [1.807, 2.05) is 0 Å². The fourth-order valence-electron chi connectivity index (χ4n) is 1.61. The van der Waals surface area contributed by atoms with Crippen LogP contribution in [0.4, 0.5) is 13.2 Å². The van der Waals surface area contributed by atoms with Crippen molar-refractivity contribution in [2.45, 2.75) is 6.18 Å². The number of halogens is 5. The highest BCUT2D eigenvalue weighted by Crippen LogP contribution is 2.33. The van der Waals surface area contributed by atoms with Crippen LogP contribution in [0.2, 0.25) is 10.0 Å². The van der Waals surface area contributed by atoms with Crippen molar-refractivity contribution in [1.82, 2.24) is 4.98 Å². The van der Waals surface area contributed by atoms with Gasteiger partial charge in [0.15, 0.2) is 6.29 Å². The maximum Gasteiger partial charge on any atom is 0.417 e. The Morgan fingerprint density at radius 3 is 2.35 bits per heavy atom. The number of hydrogen-bond donors (Lipinski definition) is 0. The second kappa shape index (κ2) is 5.42. The van der Waals surface area contributed by atoms with Crippen LogP contribution in [0.25, 0.3) is 11.3 Å². The SMILES string of the molecule is O=Cc1cc(C(F)(F)F)cnc1-c1ccc(Cl)c(Cl)c1. The van der Waals surface area contributed by atoms with Gasteiger partial charge in [0.1, 0.15) is 0 Å². The summed E-state index contributed by atoms with van der Waals surface area (Å²) < 4.78 is 37.7. The molecule has 0 bridgehead atoms. The number of nitrogens with zero attached hydrogens (tertiary/aromatic N) is 1. The molecule has 0 spiro atoms. The average molecular weight is 320 g/mol. The van der Waals surface area contributed by atoms with E-state index in [4.69, 9.17) is 23.2 Å². The van der Waals surface area contributed by atoms with Crippen LogP contribution < -0.4 is 0 Å². The molecule has 0 fully saturated rings. The van der Waals surface area contributed by atoms with E-state index in [1.54, 1.807) is 0 Å². The topological polar surface area (TPSA) is 30.0 Å². The monoisotopic (exact) mass is 319 g/mol. The summed E-state index contributed by atoms with van der Waals surface area (Å²) in [7, 11) is 0. The second-order valence-corrected chi connectivity index (χ2v) is 4.72. The number of benzene rings is 1. The number of hydrogen-bond acceptors (Lipinski definition) is 2. The normalized spacial score (nSPS) is 11.4. The third kappa shape index (κ3) is 2.94. The summed E-state index contributed by atoms with van der Waals surface area (Å²) in [6.07, 6.45) is -3.56. The van der Waals surface area contributed by atoms with Gasteiger partial charge in [-0.05, 0) is 18.2 Å². The number of carbonyl (C=O) groups is 1. The highest BCUT2D eigenvalue weighted by atomic mass is 35.5. The molecule has 104 valence electrons. The van der Waals surface area contributed by atoms with Crippen molar-refractivity contribution in [1.29, 1.82) is 0 Å². The largest absolute Gasteiger partial charge is 0.417 e. The van der Waals surface area contributed by atoms with Gasteiger partial charge in [-0.2, -0.15) is 13.2 Å². The lowest BCUT2D eigenvalue weighted by Gasteiger charge is -2.10. The van der Waals surface area contributed by atoms with Crippen LogP contribution in [-0.2, 0) is 6.18 Å². The number of aldehydes is 1. The lowest BCUT2D eigenvalue weighted by atomic mass is 10.0. The maximum atomic E-state index is 12.6. The molecule has 20 heavy (non-hydrogen) atoms. The summed E-state index contributed by atoms with van der Waals surface area (Å²) in [6.45, 7) is 0. The van der Waals surface area contributed by atoms with E-state index in [2.05, 4.69) is 4.98 Å². The van der Waals surface area contributed by atoms with Gasteiger partial charge in [0, 0.05) is 17.3 Å². The molecule has 2 nitrogen and oxygen atoms in total. The van der Waals surface area contributed by atoms with Crippen LogP contribution in [0.15, 0.2) is 30.5 Å². The zero-order valence-corrected chi connectivity index (χ0v) is 11.2. The zero-order valence-electron chi connectivity index (χ0n) is 9.71. The standard InChI is InChI=1S/C13H6Cl2F3NO/c14-10-2-1-7(4-11(10)15)12-8(6-20)3-9(5-19-12)13(16,17)18/h1-6H.